The average Bonchev–Trinajstić information content (AvgIpc) is 2.88. The zero-order valence-corrected chi connectivity index (χ0v) is 14.0. The van der Waals surface area contributed by atoms with E-state index in [0.29, 0.717) is 0 Å². The maximum Gasteiger partial charge on any atom is 0.322 e. The monoisotopic (exact) mass is 366 g/mol. The Hall–Kier alpha value is -1.92. The van der Waals surface area contributed by atoms with Gasteiger partial charge in [0.1, 0.15) is 5.82 Å². The minimum Gasteiger partial charge on any atom is -0.314 e. The molecule has 2 bridgehead atoms. The summed E-state index contributed by atoms with van der Waals surface area (Å²) < 4.78 is 14.0. The second-order valence-electron chi connectivity index (χ2n) is 6.00. The van der Waals surface area contributed by atoms with Gasteiger partial charge < -0.3 is 10.2 Å². The summed E-state index contributed by atoms with van der Waals surface area (Å²) in [7, 11) is 0. The number of anilines is 1. The fourth-order valence-corrected chi connectivity index (χ4v) is 3.89. The van der Waals surface area contributed by atoms with E-state index in [4.69, 9.17) is 23.2 Å². The maximum absolute atomic E-state index is 14.0. The predicted octanol–water partition coefficient (Wildman–Crippen LogP) is 4.22. The smallest absolute Gasteiger partial charge is 0.314 e. The second-order valence-corrected chi connectivity index (χ2v) is 6.82. The maximum atomic E-state index is 14.0. The molecule has 2 aliphatic heterocycles. The van der Waals surface area contributed by atoms with Crippen LogP contribution in [-0.4, -0.2) is 27.2 Å². The van der Waals surface area contributed by atoms with Crippen LogP contribution in [0.15, 0.2) is 24.5 Å². The first-order chi connectivity index (χ1) is 11.5. The van der Waals surface area contributed by atoms with Crippen molar-refractivity contribution < 1.29 is 9.18 Å². The molecule has 1 aromatic carbocycles. The summed E-state index contributed by atoms with van der Waals surface area (Å²) in [6.07, 6.45) is 5.96. The molecule has 124 valence electrons. The largest absolute Gasteiger partial charge is 0.322 e. The fourth-order valence-electron chi connectivity index (χ4n) is 3.57. The van der Waals surface area contributed by atoms with Gasteiger partial charge in [-0.05, 0) is 42.5 Å². The highest BCUT2D eigenvalue weighted by atomic mass is 35.5. The van der Waals surface area contributed by atoms with E-state index in [-0.39, 0.29) is 33.8 Å². The van der Waals surface area contributed by atoms with Gasteiger partial charge in [0.15, 0.2) is 0 Å². The van der Waals surface area contributed by atoms with E-state index in [1.54, 1.807) is 17.3 Å². The van der Waals surface area contributed by atoms with Crippen molar-refractivity contribution in [2.24, 2.45) is 0 Å². The molecule has 1 saturated heterocycles. The van der Waals surface area contributed by atoms with Gasteiger partial charge in [-0.15, -0.1) is 0 Å². The van der Waals surface area contributed by atoms with Gasteiger partial charge in [0, 0.05) is 6.04 Å². The Morgan fingerprint density at radius 3 is 2.79 bits per heavy atom. The summed E-state index contributed by atoms with van der Waals surface area (Å²) in [4.78, 5) is 14.5. The highest BCUT2D eigenvalue weighted by Crippen LogP contribution is 2.43. The fraction of sp³-hybridized carbons (Fsp3) is 0.312. The number of carbonyl (C=O) groups is 1. The van der Waals surface area contributed by atoms with Crippen molar-refractivity contribution in [3.05, 3.63) is 51.5 Å². The van der Waals surface area contributed by atoms with Gasteiger partial charge in [-0.2, -0.15) is 10.2 Å². The minimum atomic E-state index is -0.617. The third-order valence-electron chi connectivity index (χ3n) is 4.65. The molecule has 5 nitrogen and oxygen atoms in total. The lowest BCUT2D eigenvalue weighted by molar-refractivity contribution is 0.179. The van der Waals surface area contributed by atoms with Crippen LogP contribution in [0.5, 0.6) is 0 Å². The van der Waals surface area contributed by atoms with Gasteiger partial charge in [0.2, 0.25) is 0 Å². The van der Waals surface area contributed by atoms with E-state index < -0.39 is 5.82 Å². The van der Waals surface area contributed by atoms with Gasteiger partial charge in [-0.25, -0.2) is 9.18 Å². The van der Waals surface area contributed by atoms with Crippen LogP contribution in [0, 0.1) is 5.82 Å². The van der Waals surface area contributed by atoms with Gasteiger partial charge >= 0.3 is 6.03 Å². The molecule has 1 aromatic heterocycles. The molecule has 3 heterocycles. The molecule has 0 spiro atoms. The van der Waals surface area contributed by atoms with Crippen molar-refractivity contribution in [1.29, 1.82) is 0 Å². The van der Waals surface area contributed by atoms with Crippen molar-refractivity contribution in [2.45, 2.75) is 31.3 Å². The Balaban J connectivity index is 1.61. The van der Waals surface area contributed by atoms with Gasteiger partial charge in [0.05, 0.1) is 34.2 Å². The van der Waals surface area contributed by atoms with Gasteiger partial charge in [-0.1, -0.05) is 23.2 Å². The van der Waals surface area contributed by atoms with Crippen LogP contribution in [0.3, 0.4) is 0 Å². The molecule has 2 aromatic rings. The van der Waals surface area contributed by atoms with E-state index in [2.05, 4.69) is 15.5 Å². The quantitative estimate of drug-likeness (QED) is 0.768. The number of nitrogens with one attached hydrogen (secondary N) is 1. The summed E-state index contributed by atoms with van der Waals surface area (Å²) in [5.74, 6) is -0.617. The number of hydrogen-bond donors (Lipinski definition) is 1. The van der Waals surface area contributed by atoms with Crippen LogP contribution in [0.2, 0.25) is 10.0 Å². The Labute approximate surface area is 147 Å². The van der Waals surface area contributed by atoms with Crippen LogP contribution in [0.4, 0.5) is 14.9 Å². The van der Waals surface area contributed by atoms with E-state index in [1.165, 1.54) is 6.07 Å². The SMILES string of the molecule is O=C(Nc1cc(Cl)c(Cl)cc1F)N1[C@@H]2CC[C@H]1c1cnncc1C2. The van der Waals surface area contributed by atoms with E-state index >= 15 is 0 Å². The number of nitrogens with zero attached hydrogens (tertiary/aromatic N) is 3. The number of hydrogen-bond acceptors (Lipinski definition) is 3. The second kappa shape index (κ2) is 5.86. The van der Waals surface area contributed by atoms with Crippen LogP contribution in [0.25, 0.3) is 0 Å². The van der Waals surface area contributed by atoms with Gasteiger partial charge in [-0.3, -0.25) is 0 Å². The molecule has 0 unspecified atom stereocenters. The first-order valence-corrected chi connectivity index (χ1v) is 8.33. The number of carbonyl (C=O) groups excluding carboxylic acids is 1. The highest BCUT2D eigenvalue weighted by molar-refractivity contribution is 6.42. The summed E-state index contributed by atoms with van der Waals surface area (Å²) in [6.45, 7) is 0. The zero-order chi connectivity index (χ0) is 16.8. The molecule has 4 rings (SSSR count). The Kier molecular flexibility index (Phi) is 3.81. The third kappa shape index (κ3) is 2.50. The normalized spacial score (nSPS) is 21.5. The minimum absolute atomic E-state index is 0.0208. The molecule has 0 radical (unpaired) electrons. The van der Waals surface area contributed by atoms with Crippen molar-refractivity contribution >= 4 is 34.9 Å². The van der Waals surface area contributed by atoms with Crippen LogP contribution < -0.4 is 5.32 Å². The lowest BCUT2D eigenvalue weighted by atomic mass is 9.97. The number of halogens is 3. The van der Waals surface area contributed by atoms with E-state index in [9.17, 15) is 9.18 Å². The Morgan fingerprint density at radius 2 is 1.96 bits per heavy atom. The molecule has 2 amide bonds. The first kappa shape index (κ1) is 15.6. The third-order valence-corrected chi connectivity index (χ3v) is 5.37. The molecule has 2 atom stereocenters. The van der Waals surface area contributed by atoms with E-state index in [0.717, 1.165) is 36.5 Å². The number of benzene rings is 1. The number of aromatic nitrogens is 2. The topological polar surface area (TPSA) is 58.1 Å². The number of fused-ring (bicyclic) bond motifs is 4. The molecule has 8 heteroatoms. The lowest BCUT2D eigenvalue weighted by Crippen LogP contribution is -2.44. The van der Waals surface area contributed by atoms with Crippen LogP contribution >= 0.6 is 23.2 Å². The van der Waals surface area contributed by atoms with Crippen LogP contribution in [0.1, 0.15) is 30.0 Å². The Morgan fingerprint density at radius 1 is 1.21 bits per heavy atom. The summed E-state index contributed by atoms with van der Waals surface area (Å²) >= 11 is 11.7. The molecule has 0 aliphatic carbocycles. The zero-order valence-electron chi connectivity index (χ0n) is 12.5. The van der Waals surface area contributed by atoms with Crippen molar-refractivity contribution in [3.63, 3.8) is 0 Å². The summed E-state index contributed by atoms with van der Waals surface area (Å²) in [6, 6.07) is 2.09. The van der Waals surface area contributed by atoms with Crippen molar-refractivity contribution in [1.82, 2.24) is 15.1 Å². The molecule has 2 aliphatic rings. The average molecular weight is 367 g/mol. The number of urea groups is 1. The number of rotatable bonds is 1. The van der Waals surface area contributed by atoms with Crippen molar-refractivity contribution in [3.8, 4) is 0 Å². The number of amides is 2. The predicted molar refractivity (Wildman–Crippen MR) is 88.8 cm³/mol. The summed E-state index contributed by atoms with van der Waals surface area (Å²) in [5.41, 5.74) is 2.17. The van der Waals surface area contributed by atoms with Crippen LogP contribution in [-0.2, 0) is 6.42 Å². The molecular formula is C16H13Cl2FN4O. The van der Waals surface area contributed by atoms with Crippen molar-refractivity contribution in [2.75, 3.05) is 5.32 Å². The highest BCUT2D eigenvalue weighted by Gasteiger charge is 2.43. The molecule has 24 heavy (non-hydrogen) atoms. The molecule has 1 fully saturated rings. The Bertz CT molecular complexity index is 832. The van der Waals surface area contributed by atoms with Gasteiger partial charge in [0.25, 0.3) is 0 Å². The molecule has 1 N–H and O–H groups in total. The molecular weight excluding hydrogens is 354 g/mol. The summed E-state index contributed by atoms with van der Waals surface area (Å²) in [5, 5.41) is 10.8. The first-order valence-electron chi connectivity index (χ1n) is 7.58. The molecule has 0 saturated carbocycles. The lowest BCUT2D eigenvalue weighted by Gasteiger charge is -2.35. The van der Waals surface area contributed by atoms with E-state index in [1.807, 2.05) is 0 Å². The standard InChI is InChI=1S/C16H13Cl2FN4O/c17-11-4-13(19)14(5-12(11)18)22-16(24)23-9-1-2-15(23)10-7-21-20-6-8(10)3-9/h4-7,9,15H,1-3H2,(H,22,24)/t9-,15+/m1/s1.